The number of anilines is 2. The first-order valence-electron chi connectivity index (χ1n) is 20.5. The fourth-order valence-electron chi connectivity index (χ4n) is 7.67. The Morgan fingerprint density at radius 3 is 2.48 bits per heavy atom. The van der Waals surface area contributed by atoms with Gasteiger partial charge in [-0.3, -0.25) is 24.8 Å². The predicted octanol–water partition coefficient (Wildman–Crippen LogP) is 7.26. The molecule has 0 bridgehead atoms. The fraction of sp³-hybridized carbons (Fsp3) is 0.295. The Labute approximate surface area is 387 Å². The minimum atomic E-state index is -5.61. The van der Waals surface area contributed by atoms with Gasteiger partial charge in [0.1, 0.15) is 11.5 Å². The van der Waals surface area contributed by atoms with Crippen LogP contribution in [0.2, 0.25) is 0 Å². The minimum absolute atomic E-state index is 0.0172. The number of aromatic nitrogens is 3. The summed E-state index contributed by atoms with van der Waals surface area (Å²) in [6, 6.07) is 24.1. The zero-order valence-corrected chi connectivity index (χ0v) is 38.6. The van der Waals surface area contributed by atoms with Crippen molar-refractivity contribution in [2.75, 3.05) is 55.4 Å². The molecule has 0 radical (unpaired) electrons. The van der Waals surface area contributed by atoms with E-state index in [2.05, 4.69) is 25.2 Å². The number of hydrogen-bond donors (Lipinski definition) is 2. The normalized spacial score (nSPS) is 15.3. The van der Waals surface area contributed by atoms with Gasteiger partial charge in [-0.05, 0) is 109 Å². The molecule has 1 fully saturated rings. The van der Waals surface area contributed by atoms with E-state index in [1.807, 2.05) is 46.0 Å². The molecule has 0 aliphatic carbocycles. The molecule has 5 heterocycles. The van der Waals surface area contributed by atoms with Gasteiger partial charge in [0.2, 0.25) is 0 Å². The van der Waals surface area contributed by atoms with E-state index in [4.69, 9.17) is 16.3 Å². The Morgan fingerprint density at radius 2 is 1.71 bits per heavy atom. The Morgan fingerprint density at radius 1 is 0.923 bits per heavy atom. The molecule has 2 aliphatic heterocycles. The van der Waals surface area contributed by atoms with Crippen LogP contribution in [0, 0.1) is 5.92 Å². The third kappa shape index (κ3) is 11.0. The van der Waals surface area contributed by atoms with E-state index in [9.17, 15) is 35.2 Å². The molecule has 0 unspecified atom stereocenters. The van der Waals surface area contributed by atoms with Crippen LogP contribution in [0.25, 0.3) is 10.2 Å². The van der Waals surface area contributed by atoms with Gasteiger partial charge in [0.05, 0.1) is 33.2 Å². The van der Waals surface area contributed by atoms with Crippen molar-refractivity contribution in [3.05, 3.63) is 131 Å². The van der Waals surface area contributed by atoms with E-state index >= 15 is 0 Å². The number of thioether (sulfide) groups is 1. The van der Waals surface area contributed by atoms with E-state index in [0.717, 1.165) is 26.8 Å². The second kappa shape index (κ2) is 19.8. The molecule has 0 saturated carbocycles. The van der Waals surface area contributed by atoms with Crippen molar-refractivity contribution in [2.45, 2.75) is 45.2 Å². The number of thiazole rings is 1. The number of rotatable bonds is 16. The number of sulfonamides is 1. The standard InChI is InChI=1S/C44H42ClF2N7O7S4/c45-44(46,47)64(57,58)39-25-33(13-12-31(39)24-29(15-18-53-20-22-61-23-21-53)28-62-32-7-2-1-3-8-32)65(59,60)52-42(56)37-10-5-11-40(49-37)54-19-16-30-6-4-9-34(35(30)27-54)41(55)51-43-50-36-14-17-48-26-38(36)63-43/h1-14,17,25-26,29H,15-16,18-24,27-28H2,(H,52,56)(H,50,51,55)/t29-/m0/s1. The molecule has 2 aliphatic rings. The number of alkyl halides is 3. The number of hydrogen-bond acceptors (Lipinski definition) is 14. The van der Waals surface area contributed by atoms with Crippen LogP contribution in [0.1, 0.15) is 44.0 Å². The van der Waals surface area contributed by atoms with Gasteiger partial charge in [-0.15, -0.1) is 11.8 Å². The highest BCUT2D eigenvalue weighted by Gasteiger charge is 2.46. The monoisotopic (exact) mass is 981 g/mol. The average Bonchev–Trinajstić information content (AvgIpc) is 3.72. The SMILES string of the molecule is O=C(NS(=O)(=O)c1ccc(C[C@H](CCN2CCOCC2)CSc2ccccc2)c(S(=O)(=O)C(F)(F)Cl)c1)c1cccc(N2CCc3cccc(C(=O)Nc4nc5ccncc5s4)c3C2)n1. The molecule has 6 aromatic rings. The highest BCUT2D eigenvalue weighted by Crippen LogP contribution is 2.37. The van der Waals surface area contributed by atoms with Crippen molar-refractivity contribution in [1.29, 1.82) is 0 Å². The van der Waals surface area contributed by atoms with E-state index in [1.54, 1.807) is 36.7 Å². The summed E-state index contributed by atoms with van der Waals surface area (Å²) >= 11 is 8.02. The largest absolute Gasteiger partial charge is 0.427 e. The average molecular weight is 983 g/mol. The maximum atomic E-state index is 14.7. The third-order valence-electron chi connectivity index (χ3n) is 11.1. The first-order chi connectivity index (χ1) is 31.1. The number of carbonyl (C=O) groups is 2. The molecule has 14 nitrogen and oxygen atoms in total. The number of fused-ring (bicyclic) bond motifs is 2. The lowest BCUT2D eigenvalue weighted by atomic mass is 9.94. The smallest absolute Gasteiger partial charge is 0.379 e. The molecule has 0 spiro atoms. The minimum Gasteiger partial charge on any atom is -0.379 e. The van der Waals surface area contributed by atoms with Gasteiger partial charge in [-0.25, -0.2) is 31.5 Å². The number of halogens is 3. The lowest BCUT2D eigenvalue weighted by Gasteiger charge is -2.31. The van der Waals surface area contributed by atoms with Gasteiger partial charge in [0.15, 0.2) is 5.13 Å². The number of morpholine rings is 1. The van der Waals surface area contributed by atoms with Crippen molar-refractivity contribution in [1.82, 2.24) is 24.6 Å². The van der Waals surface area contributed by atoms with Crippen molar-refractivity contribution in [3.63, 3.8) is 0 Å². The lowest BCUT2D eigenvalue weighted by molar-refractivity contribution is 0.0357. The van der Waals surface area contributed by atoms with Crippen LogP contribution in [0.4, 0.5) is 19.7 Å². The molecule has 21 heteroatoms. The highest BCUT2D eigenvalue weighted by atomic mass is 35.5. The first-order valence-corrected chi connectivity index (χ1v) is 25.6. The Bertz CT molecular complexity index is 2900. The summed E-state index contributed by atoms with van der Waals surface area (Å²) in [7, 11) is -10.5. The van der Waals surface area contributed by atoms with Crippen molar-refractivity contribution >= 4 is 87.5 Å². The summed E-state index contributed by atoms with van der Waals surface area (Å²) < 4.78 is 87.1. The number of sulfone groups is 1. The number of carbonyl (C=O) groups excluding carboxylic acids is 2. The molecule has 65 heavy (non-hydrogen) atoms. The second-order valence-electron chi connectivity index (χ2n) is 15.4. The molecule has 3 aromatic carbocycles. The number of ether oxygens (including phenoxy) is 1. The summed E-state index contributed by atoms with van der Waals surface area (Å²) in [5.74, 6) is -0.887. The Balaban J connectivity index is 1.000. The maximum Gasteiger partial charge on any atom is 0.427 e. The quantitative estimate of drug-likeness (QED) is 0.0732. The van der Waals surface area contributed by atoms with Crippen LogP contribution in [0.3, 0.4) is 0 Å². The first kappa shape index (κ1) is 46.4. The molecule has 1 atom stereocenters. The summed E-state index contributed by atoms with van der Waals surface area (Å²) in [4.78, 5) is 43.5. The molecular weight excluding hydrogens is 940 g/mol. The van der Waals surface area contributed by atoms with Crippen molar-refractivity contribution in [3.8, 4) is 0 Å². The zero-order valence-electron chi connectivity index (χ0n) is 34.5. The van der Waals surface area contributed by atoms with Gasteiger partial charge in [0, 0.05) is 54.8 Å². The summed E-state index contributed by atoms with van der Waals surface area (Å²) in [6.45, 7) is 3.94. The topological polar surface area (TPSA) is 181 Å². The van der Waals surface area contributed by atoms with Gasteiger partial charge in [0.25, 0.3) is 31.7 Å². The van der Waals surface area contributed by atoms with E-state index < -0.39 is 40.3 Å². The van der Waals surface area contributed by atoms with Gasteiger partial charge in [-0.2, -0.15) is 8.78 Å². The van der Waals surface area contributed by atoms with E-state index in [1.165, 1.54) is 41.3 Å². The fourth-order valence-corrected chi connectivity index (χ4v) is 11.9. The molecule has 8 rings (SSSR count). The molecule has 2 amide bonds. The van der Waals surface area contributed by atoms with E-state index in [0.29, 0.717) is 86.1 Å². The summed E-state index contributed by atoms with van der Waals surface area (Å²) in [5, 5.41) is 3.30. The van der Waals surface area contributed by atoms with Crippen LogP contribution in [-0.4, -0.2) is 98.4 Å². The van der Waals surface area contributed by atoms with Crippen LogP contribution < -0.4 is 14.9 Å². The Hall–Kier alpha value is -5.09. The number of amides is 2. The van der Waals surface area contributed by atoms with Crippen LogP contribution in [0.5, 0.6) is 0 Å². The van der Waals surface area contributed by atoms with Crippen LogP contribution in [-0.2, 0) is 44.0 Å². The molecule has 1 saturated heterocycles. The van der Waals surface area contributed by atoms with Gasteiger partial charge >= 0.3 is 4.71 Å². The second-order valence-corrected chi connectivity index (χ2v) is 21.9. The zero-order chi connectivity index (χ0) is 45.8. The third-order valence-corrected chi connectivity index (χ3v) is 16.8. The maximum absolute atomic E-state index is 14.7. The van der Waals surface area contributed by atoms with E-state index in [-0.39, 0.29) is 36.0 Å². The van der Waals surface area contributed by atoms with Crippen LogP contribution >= 0.6 is 34.7 Å². The van der Waals surface area contributed by atoms with Crippen molar-refractivity contribution < 1.29 is 39.9 Å². The highest BCUT2D eigenvalue weighted by molar-refractivity contribution is 7.99. The molecule has 2 N–H and O–H groups in total. The number of benzene rings is 3. The number of nitrogens with one attached hydrogen (secondary N) is 2. The summed E-state index contributed by atoms with van der Waals surface area (Å²) in [5.41, 5.74) is 2.51. The summed E-state index contributed by atoms with van der Waals surface area (Å²) in [6.07, 6.45) is 4.44. The Kier molecular flexibility index (Phi) is 14.1. The molecular formula is C44H42ClF2N7O7S4. The lowest BCUT2D eigenvalue weighted by Crippen LogP contribution is -2.37. The van der Waals surface area contributed by atoms with Crippen LogP contribution in [0.15, 0.2) is 118 Å². The number of pyridine rings is 2. The number of nitrogens with zero attached hydrogens (tertiary/aromatic N) is 5. The van der Waals surface area contributed by atoms with Crippen molar-refractivity contribution in [2.24, 2.45) is 5.92 Å². The van der Waals surface area contributed by atoms with Gasteiger partial charge in [-0.1, -0.05) is 53.8 Å². The predicted molar refractivity (Wildman–Crippen MR) is 246 cm³/mol. The van der Waals surface area contributed by atoms with Gasteiger partial charge < -0.3 is 9.64 Å². The molecule has 340 valence electrons. The molecule has 3 aromatic heterocycles.